The van der Waals surface area contributed by atoms with Gasteiger partial charge in [-0.2, -0.15) is 0 Å². The molecule has 1 unspecified atom stereocenters. The third-order valence-corrected chi connectivity index (χ3v) is 9.38. The SMILES string of the molecule is CCOC(=O)c1cc(-c2ccc(NC(C)=C3C(=O)Oc4ccccc4C3P(=O)(OCC)OCC)cc2)nc2ccccc12. The quantitative estimate of drug-likeness (QED) is 0.0847. The van der Waals surface area contributed by atoms with Gasteiger partial charge in [-0.3, -0.25) is 4.57 Å². The van der Waals surface area contributed by atoms with Crippen LogP contribution in [0.15, 0.2) is 90.1 Å². The Hall–Kier alpha value is -4.30. The number of para-hydroxylation sites is 2. The zero-order chi connectivity index (χ0) is 30.6. The second kappa shape index (κ2) is 12.9. The molecule has 0 aliphatic carbocycles. The van der Waals surface area contributed by atoms with Crippen LogP contribution in [0.5, 0.6) is 5.75 Å². The first-order valence-electron chi connectivity index (χ1n) is 14.1. The highest BCUT2D eigenvalue weighted by molar-refractivity contribution is 7.54. The van der Waals surface area contributed by atoms with Crippen molar-refractivity contribution in [2.24, 2.45) is 0 Å². The van der Waals surface area contributed by atoms with Crippen molar-refractivity contribution in [2.75, 3.05) is 25.1 Å². The first-order valence-corrected chi connectivity index (χ1v) is 15.8. The lowest BCUT2D eigenvalue weighted by Gasteiger charge is -2.33. The van der Waals surface area contributed by atoms with Gasteiger partial charge in [0.1, 0.15) is 11.4 Å². The lowest BCUT2D eigenvalue weighted by Crippen LogP contribution is -2.27. The summed E-state index contributed by atoms with van der Waals surface area (Å²) in [5.74, 6) is -0.713. The summed E-state index contributed by atoms with van der Waals surface area (Å²) in [6.45, 7) is 7.52. The maximum Gasteiger partial charge on any atom is 0.342 e. The molecule has 1 N–H and O–H groups in total. The Morgan fingerprint density at radius 3 is 2.30 bits per heavy atom. The van der Waals surface area contributed by atoms with Crippen molar-refractivity contribution in [2.45, 2.75) is 33.4 Å². The van der Waals surface area contributed by atoms with Crippen LogP contribution in [-0.4, -0.2) is 36.7 Å². The van der Waals surface area contributed by atoms with Gasteiger partial charge in [-0.15, -0.1) is 0 Å². The van der Waals surface area contributed by atoms with Crippen molar-refractivity contribution in [1.82, 2.24) is 4.98 Å². The molecule has 0 bridgehead atoms. The fourth-order valence-electron chi connectivity index (χ4n) is 5.16. The Labute approximate surface area is 250 Å². The summed E-state index contributed by atoms with van der Waals surface area (Å²) in [5.41, 5.74) is 3.40. The number of benzene rings is 3. The number of carbonyl (C=O) groups is 2. The molecule has 222 valence electrons. The number of pyridine rings is 1. The minimum absolute atomic E-state index is 0.146. The molecular weight excluding hydrogens is 567 g/mol. The maximum atomic E-state index is 14.1. The molecule has 0 fully saturated rings. The first kappa shape index (κ1) is 30.2. The van der Waals surface area contributed by atoms with Crippen LogP contribution in [0.4, 0.5) is 5.69 Å². The molecule has 0 spiro atoms. The van der Waals surface area contributed by atoms with Gasteiger partial charge in [0.15, 0.2) is 0 Å². The Morgan fingerprint density at radius 2 is 1.60 bits per heavy atom. The van der Waals surface area contributed by atoms with Crippen LogP contribution in [0.2, 0.25) is 0 Å². The summed E-state index contributed by atoms with van der Waals surface area (Å²) in [7, 11) is -3.81. The lowest BCUT2D eigenvalue weighted by atomic mass is 9.99. The predicted molar refractivity (Wildman–Crippen MR) is 165 cm³/mol. The van der Waals surface area contributed by atoms with E-state index in [4.69, 9.17) is 23.5 Å². The van der Waals surface area contributed by atoms with E-state index in [1.807, 2.05) is 48.5 Å². The molecule has 0 radical (unpaired) electrons. The van der Waals surface area contributed by atoms with Gasteiger partial charge in [0, 0.05) is 27.9 Å². The number of allylic oxidation sites excluding steroid dienone is 1. The highest BCUT2D eigenvalue weighted by Gasteiger charge is 2.47. The van der Waals surface area contributed by atoms with E-state index < -0.39 is 25.2 Å². The number of ether oxygens (including phenoxy) is 2. The first-order chi connectivity index (χ1) is 20.8. The Balaban J connectivity index is 1.51. The summed E-state index contributed by atoms with van der Waals surface area (Å²) in [4.78, 5) is 30.8. The van der Waals surface area contributed by atoms with E-state index in [1.54, 1.807) is 58.0 Å². The zero-order valence-corrected chi connectivity index (χ0v) is 25.4. The topological polar surface area (TPSA) is 113 Å². The van der Waals surface area contributed by atoms with Gasteiger partial charge in [-0.05, 0) is 58.0 Å². The number of carbonyl (C=O) groups excluding carboxylic acids is 2. The number of aromatic nitrogens is 1. The van der Waals surface area contributed by atoms with Crippen molar-refractivity contribution in [1.29, 1.82) is 0 Å². The molecule has 1 atom stereocenters. The molecule has 2 heterocycles. The van der Waals surface area contributed by atoms with Crippen LogP contribution >= 0.6 is 7.60 Å². The van der Waals surface area contributed by atoms with E-state index in [0.717, 1.165) is 10.9 Å². The van der Waals surface area contributed by atoms with Gasteiger partial charge in [0.2, 0.25) is 0 Å². The van der Waals surface area contributed by atoms with E-state index >= 15 is 0 Å². The third-order valence-electron chi connectivity index (χ3n) is 6.97. The van der Waals surface area contributed by atoms with E-state index in [2.05, 4.69) is 5.32 Å². The van der Waals surface area contributed by atoms with Gasteiger partial charge >= 0.3 is 19.5 Å². The van der Waals surface area contributed by atoms with Gasteiger partial charge < -0.3 is 23.8 Å². The van der Waals surface area contributed by atoms with Crippen molar-refractivity contribution >= 4 is 36.1 Å². The monoisotopic (exact) mass is 600 g/mol. The number of nitrogens with zero attached hydrogens (tertiary/aromatic N) is 1. The van der Waals surface area contributed by atoms with E-state index in [1.165, 1.54) is 0 Å². The van der Waals surface area contributed by atoms with E-state index in [0.29, 0.717) is 39.5 Å². The third kappa shape index (κ3) is 6.11. The molecule has 1 aliphatic heterocycles. The maximum absolute atomic E-state index is 14.1. The zero-order valence-electron chi connectivity index (χ0n) is 24.5. The highest BCUT2D eigenvalue weighted by Crippen LogP contribution is 2.66. The molecular formula is C33H33N2O7P. The molecule has 1 aromatic heterocycles. The molecule has 43 heavy (non-hydrogen) atoms. The lowest BCUT2D eigenvalue weighted by molar-refractivity contribution is -0.131. The fourth-order valence-corrected chi connectivity index (χ4v) is 7.43. The minimum Gasteiger partial charge on any atom is -0.462 e. The van der Waals surface area contributed by atoms with Gasteiger partial charge in [-0.1, -0.05) is 48.5 Å². The van der Waals surface area contributed by atoms with Crippen LogP contribution < -0.4 is 10.1 Å². The van der Waals surface area contributed by atoms with E-state index in [-0.39, 0.29) is 25.4 Å². The van der Waals surface area contributed by atoms with Crippen LogP contribution in [0.3, 0.4) is 0 Å². The minimum atomic E-state index is -3.81. The average molecular weight is 601 g/mol. The summed E-state index contributed by atoms with van der Waals surface area (Å²) in [5, 5.41) is 3.99. The summed E-state index contributed by atoms with van der Waals surface area (Å²) in [6.07, 6.45) is 0. The molecule has 0 amide bonds. The summed E-state index contributed by atoms with van der Waals surface area (Å²) < 4.78 is 36.4. The molecule has 0 saturated carbocycles. The Kier molecular flexibility index (Phi) is 9.06. The molecule has 5 rings (SSSR count). The Morgan fingerprint density at radius 1 is 0.930 bits per heavy atom. The van der Waals surface area contributed by atoms with Crippen molar-refractivity contribution < 1.29 is 32.7 Å². The molecule has 3 aromatic carbocycles. The number of fused-ring (bicyclic) bond motifs is 2. The fraction of sp³-hybridized carbons (Fsp3) is 0.242. The van der Waals surface area contributed by atoms with Crippen molar-refractivity contribution in [3.63, 3.8) is 0 Å². The van der Waals surface area contributed by atoms with E-state index in [9.17, 15) is 14.2 Å². The van der Waals surface area contributed by atoms with Crippen LogP contribution in [0, 0.1) is 0 Å². The number of hydrogen-bond donors (Lipinski definition) is 1. The highest BCUT2D eigenvalue weighted by atomic mass is 31.2. The van der Waals surface area contributed by atoms with Gasteiger partial charge in [0.05, 0.1) is 42.2 Å². The normalized spacial score (nSPS) is 15.9. The van der Waals surface area contributed by atoms with Crippen LogP contribution in [-0.2, 0) is 23.1 Å². The molecule has 0 saturated heterocycles. The van der Waals surface area contributed by atoms with Gasteiger partial charge in [0.25, 0.3) is 0 Å². The van der Waals surface area contributed by atoms with Crippen LogP contribution in [0.1, 0.15) is 49.3 Å². The molecule has 10 heteroatoms. The van der Waals surface area contributed by atoms with Gasteiger partial charge in [-0.25, -0.2) is 14.6 Å². The summed E-state index contributed by atoms with van der Waals surface area (Å²) >= 11 is 0. The predicted octanol–water partition coefficient (Wildman–Crippen LogP) is 7.69. The Bertz CT molecular complexity index is 1740. The number of esters is 2. The molecule has 4 aromatic rings. The number of anilines is 1. The van der Waals surface area contributed by atoms with Crippen molar-refractivity contribution in [3.8, 4) is 17.0 Å². The van der Waals surface area contributed by atoms with Crippen LogP contribution in [0.25, 0.3) is 22.2 Å². The standard InChI is InChI=1S/C33H33N2O7P/c1-5-39-32(36)26-20-28(35-27-14-10-8-12-24(26)27)22-16-18-23(19-17-22)34-21(4)30-31(43(38,40-6-2)41-7-3)25-13-9-11-15-29(25)42-33(30)37/h8-20,31,34H,5-7H2,1-4H3. The number of nitrogens with one attached hydrogen (secondary N) is 1. The molecule has 1 aliphatic rings. The largest absolute Gasteiger partial charge is 0.462 e. The average Bonchev–Trinajstić information content (AvgIpc) is 3.00. The van der Waals surface area contributed by atoms with Crippen molar-refractivity contribution in [3.05, 3.63) is 101 Å². The number of rotatable bonds is 10. The second-order valence-electron chi connectivity index (χ2n) is 9.74. The molecule has 9 nitrogen and oxygen atoms in total. The second-order valence-corrected chi connectivity index (χ2v) is 11.9. The summed E-state index contributed by atoms with van der Waals surface area (Å²) in [6, 6.07) is 23.5. The smallest absolute Gasteiger partial charge is 0.342 e. The number of hydrogen-bond acceptors (Lipinski definition) is 9.